The second-order valence-electron chi connectivity index (χ2n) is 10.0. The summed E-state index contributed by atoms with van der Waals surface area (Å²) >= 11 is 0. The van der Waals surface area contributed by atoms with Gasteiger partial charge in [0.05, 0.1) is 5.56 Å². The zero-order chi connectivity index (χ0) is 22.8. The minimum atomic E-state index is -0.286. The van der Waals surface area contributed by atoms with Crippen LogP contribution in [0.3, 0.4) is 0 Å². The van der Waals surface area contributed by atoms with E-state index in [1.54, 1.807) is 0 Å². The average molecular weight is 456 g/mol. The van der Waals surface area contributed by atoms with Gasteiger partial charge in [0, 0.05) is 6.54 Å². The summed E-state index contributed by atoms with van der Waals surface area (Å²) in [6, 6.07) is 12.3. The lowest BCUT2D eigenvalue weighted by molar-refractivity contribution is 0.0509. The highest BCUT2D eigenvalue weighted by Gasteiger charge is 2.39. The molecule has 1 aliphatic carbocycles. The normalized spacial score (nSPS) is 15.9. The highest BCUT2D eigenvalue weighted by atomic mass is 35.5. The Hall–Kier alpha value is -2.10. The number of nitrogens with one attached hydrogen (secondary N) is 1. The van der Waals surface area contributed by atoms with E-state index in [2.05, 4.69) is 58.6 Å². The molecule has 174 valence electrons. The van der Waals surface area contributed by atoms with Gasteiger partial charge in [0.1, 0.15) is 6.61 Å². The Kier molecular flexibility index (Phi) is 8.36. The van der Waals surface area contributed by atoms with E-state index in [4.69, 9.17) is 4.74 Å². The van der Waals surface area contributed by atoms with Crippen molar-refractivity contribution < 1.29 is 9.53 Å². The summed E-state index contributed by atoms with van der Waals surface area (Å²) in [4.78, 5) is 12.3. The lowest BCUT2D eigenvalue weighted by Crippen LogP contribution is -2.35. The predicted octanol–water partition coefficient (Wildman–Crippen LogP) is 6.59. The third-order valence-corrected chi connectivity index (χ3v) is 6.62. The molecule has 0 heterocycles. The van der Waals surface area contributed by atoms with Crippen molar-refractivity contribution in [2.45, 2.75) is 65.2 Å². The molecular formula is C28H38ClNO2. The van der Waals surface area contributed by atoms with Gasteiger partial charge in [-0.25, -0.2) is 4.79 Å². The van der Waals surface area contributed by atoms with Crippen LogP contribution in [0.4, 0.5) is 0 Å². The van der Waals surface area contributed by atoms with Gasteiger partial charge in [0.2, 0.25) is 0 Å². The molecule has 0 spiro atoms. The van der Waals surface area contributed by atoms with Crippen molar-refractivity contribution >= 4 is 23.9 Å². The maximum atomic E-state index is 12.3. The molecule has 0 saturated heterocycles. The van der Waals surface area contributed by atoms with Crippen LogP contribution in [0.5, 0.6) is 0 Å². The highest BCUT2D eigenvalue weighted by Crippen LogP contribution is 2.49. The van der Waals surface area contributed by atoms with Gasteiger partial charge in [-0.1, -0.05) is 71.0 Å². The Balaban J connectivity index is 0.00000363. The van der Waals surface area contributed by atoms with Gasteiger partial charge in [-0.3, -0.25) is 0 Å². The number of aryl methyl sites for hydroxylation is 1. The number of likely N-dealkylation sites (N-methyl/N-ethyl adjacent to an activating group) is 1. The van der Waals surface area contributed by atoms with Crippen molar-refractivity contribution in [3.63, 3.8) is 0 Å². The smallest absolute Gasteiger partial charge is 0.338 e. The second kappa shape index (κ2) is 10.2. The molecule has 0 fully saturated rings. The molecule has 3 nitrogen and oxygen atoms in total. The van der Waals surface area contributed by atoms with Crippen LogP contribution in [0.1, 0.15) is 85.6 Å². The van der Waals surface area contributed by atoms with Crippen LogP contribution in [0.2, 0.25) is 0 Å². The molecule has 2 aromatic rings. The lowest BCUT2D eigenvalue weighted by atomic mass is 9.61. The van der Waals surface area contributed by atoms with Gasteiger partial charge >= 0.3 is 5.97 Å². The molecule has 0 unspecified atom stereocenters. The van der Waals surface area contributed by atoms with Crippen LogP contribution < -0.4 is 5.32 Å². The highest BCUT2D eigenvalue weighted by molar-refractivity contribution is 5.90. The van der Waals surface area contributed by atoms with Crippen LogP contribution in [-0.4, -0.2) is 25.7 Å². The molecule has 0 atom stereocenters. The molecule has 3 rings (SSSR count). The Morgan fingerprint density at radius 1 is 1.03 bits per heavy atom. The molecule has 0 radical (unpaired) electrons. The maximum absolute atomic E-state index is 12.3. The first kappa shape index (κ1) is 26.2. The number of carbonyl (C=O) groups is 1. The number of hydrogen-bond donors (Lipinski definition) is 1. The summed E-state index contributed by atoms with van der Waals surface area (Å²) in [6.07, 6.45) is 2.35. The topological polar surface area (TPSA) is 38.3 Å². The summed E-state index contributed by atoms with van der Waals surface area (Å²) < 4.78 is 5.33. The van der Waals surface area contributed by atoms with Crippen molar-refractivity contribution in [1.82, 2.24) is 5.32 Å². The second-order valence-corrected chi connectivity index (χ2v) is 10.0. The monoisotopic (exact) mass is 455 g/mol. The maximum Gasteiger partial charge on any atom is 0.338 e. The standard InChI is InChI=1S/C28H37NO2.ClH/c1-8-29-15-16-31-26(30)22-11-9-21(10-12-22)20(3)23-17-19(2)18-24-25(23)28(6,7)14-13-27(24,4)5;/h9-12,17-18,29H,3,8,13-16H2,1-2,4-7H3;1H. The fourth-order valence-corrected chi connectivity index (χ4v) is 4.61. The van der Waals surface area contributed by atoms with E-state index in [1.807, 2.05) is 31.2 Å². The van der Waals surface area contributed by atoms with Crippen molar-refractivity contribution in [2.75, 3.05) is 19.7 Å². The molecule has 0 saturated carbocycles. The van der Waals surface area contributed by atoms with E-state index in [9.17, 15) is 4.79 Å². The molecule has 4 heteroatoms. The Bertz CT molecular complexity index is 974. The van der Waals surface area contributed by atoms with Crippen molar-refractivity contribution in [2.24, 2.45) is 0 Å². The van der Waals surface area contributed by atoms with Crippen molar-refractivity contribution in [3.05, 3.63) is 76.4 Å². The Morgan fingerprint density at radius 2 is 1.62 bits per heavy atom. The van der Waals surface area contributed by atoms with Gasteiger partial charge in [-0.15, -0.1) is 12.4 Å². The zero-order valence-corrected chi connectivity index (χ0v) is 21.2. The SMILES string of the molecule is C=C(c1ccc(C(=O)OCCNCC)cc1)c1cc(C)cc2c1C(C)(C)CCC2(C)C.Cl. The number of halogens is 1. The molecule has 32 heavy (non-hydrogen) atoms. The van der Waals surface area contributed by atoms with Crippen LogP contribution >= 0.6 is 12.4 Å². The summed E-state index contributed by atoms with van der Waals surface area (Å²) in [7, 11) is 0. The molecule has 1 N–H and O–H groups in total. The first-order chi connectivity index (χ1) is 14.6. The molecule has 0 aromatic heterocycles. The van der Waals surface area contributed by atoms with Crippen LogP contribution in [-0.2, 0) is 15.6 Å². The van der Waals surface area contributed by atoms with E-state index in [1.165, 1.54) is 28.7 Å². The van der Waals surface area contributed by atoms with Crippen molar-refractivity contribution in [1.29, 1.82) is 0 Å². The number of fused-ring (bicyclic) bond motifs is 1. The lowest BCUT2D eigenvalue weighted by Gasteiger charge is -2.43. The molecule has 0 bridgehead atoms. The molecular weight excluding hydrogens is 418 g/mol. The van der Waals surface area contributed by atoms with E-state index < -0.39 is 0 Å². The van der Waals surface area contributed by atoms with Gasteiger partial charge in [0.25, 0.3) is 0 Å². The minimum Gasteiger partial charge on any atom is -0.461 e. The molecule has 2 aromatic carbocycles. The zero-order valence-electron chi connectivity index (χ0n) is 20.4. The first-order valence-electron chi connectivity index (χ1n) is 11.4. The van der Waals surface area contributed by atoms with Crippen LogP contribution in [0.25, 0.3) is 5.57 Å². The van der Waals surface area contributed by atoms with E-state index >= 15 is 0 Å². The van der Waals surface area contributed by atoms with Gasteiger partial charge in [0.15, 0.2) is 0 Å². The Morgan fingerprint density at radius 3 is 2.25 bits per heavy atom. The summed E-state index contributed by atoms with van der Waals surface area (Å²) in [5.74, 6) is -0.286. The summed E-state index contributed by atoms with van der Waals surface area (Å²) in [5.41, 5.74) is 8.25. The minimum absolute atomic E-state index is 0. The quantitative estimate of drug-likeness (QED) is 0.377. The number of hydrogen-bond acceptors (Lipinski definition) is 3. The fraction of sp³-hybridized carbons (Fsp3) is 0.464. The first-order valence-corrected chi connectivity index (χ1v) is 11.4. The largest absolute Gasteiger partial charge is 0.461 e. The van der Waals surface area contributed by atoms with Gasteiger partial charge in [-0.05, 0) is 77.1 Å². The summed E-state index contributed by atoms with van der Waals surface area (Å²) in [6.45, 7) is 20.0. The van der Waals surface area contributed by atoms with Crippen LogP contribution in [0.15, 0.2) is 43.0 Å². The number of ether oxygens (including phenoxy) is 1. The van der Waals surface area contributed by atoms with E-state index in [-0.39, 0.29) is 29.2 Å². The third kappa shape index (κ3) is 5.44. The van der Waals surface area contributed by atoms with E-state index in [0.717, 1.165) is 24.1 Å². The Labute approximate surface area is 200 Å². The molecule has 1 aliphatic rings. The number of benzene rings is 2. The number of esters is 1. The number of carbonyl (C=O) groups excluding carboxylic acids is 1. The number of rotatable bonds is 7. The van der Waals surface area contributed by atoms with Gasteiger partial charge in [-0.2, -0.15) is 0 Å². The molecule has 0 amide bonds. The fourth-order valence-electron chi connectivity index (χ4n) is 4.61. The molecule has 0 aliphatic heterocycles. The third-order valence-electron chi connectivity index (χ3n) is 6.62. The predicted molar refractivity (Wildman–Crippen MR) is 137 cm³/mol. The van der Waals surface area contributed by atoms with Crippen LogP contribution in [0, 0.1) is 6.92 Å². The average Bonchev–Trinajstić information content (AvgIpc) is 2.73. The van der Waals surface area contributed by atoms with Crippen molar-refractivity contribution in [3.8, 4) is 0 Å². The summed E-state index contributed by atoms with van der Waals surface area (Å²) in [5, 5.41) is 3.15. The van der Waals surface area contributed by atoms with Gasteiger partial charge < -0.3 is 10.1 Å². The van der Waals surface area contributed by atoms with E-state index in [0.29, 0.717) is 18.7 Å².